The summed E-state index contributed by atoms with van der Waals surface area (Å²) in [6.07, 6.45) is 4.97. The highest BCUT2D eigenvalue weighted by Gasteiger charge is 2.27. The van der Waals surface area contributed by atoms with Crippen LogP contribution in [0.15, 0.2) is 18.2 Å². The van der Waals surface area contributed by atoms with Gasteiger partial charge in [-0.1, -0.05) is 19.9 Å². The van der Waals surface area contributed by atoms with E-state index in [0.717, 1.165) is 17.3 Å². The summed E-state index contributed by atoms with van der Waals surface area (Å²) in [6.45, 7) is 6.76. The third-order valence-electron chi connectivity index (χ3n) is 4.22. The summed E-state index contributed by atoms with van der Waals surface area (Å²) >= 11 is 0. The van der Waals surface area contributed by atoms with Gasteiger partial charge in [-0.3, -0.25) is 0 Å². The molecule has 0 radical (unpaired) electrons. The van der Waals surface area contributed by atoms with E-state index in [-0.39, 0.29) is 0 Å². The minimum Gasteiger partial charge on any atom is -0.350 e. The van der Waals surface area contributed by atoms with Gasteiger partial charge in [-0.25, -0.2) is 4.52 Å². The van der Waals surface area contributed by atoms with E-state index in [9.17, 15) is 0 Å². The number of rotatable bonds is 2. The Morgan fingerprint density at radius 3 is 2.68 bits per heavy atom. The number of anilines is 1. The maximum absolute atomic E-state index is 4.54. The Balaban J connectivity index is 1.74. The van der Waals surface area contributed by atoms with Crippen LogP contribution < -0.4 is 5.32 Å². The van der Waals surface area contributed by atoms with Crippen molar-refractivity contribution in [2.75, 3.05) is 5.32 Å². The summed E-state index contributed by atoms with van der Waals surface area (Å²) in [6, 6.07) is 6.58. The van der Waals surface area contributed by atoms with E-state index >= 15 is 0 Å². The van der Waals surface area contributed by atoms with Gasteiger partial charge in [0.1, 0.15) is 0 Å². The first kappa shape index (κ1) is 12.5. The molecular weight excluding hydrogens is 236 g/mol. The molecule has 2 aromatic heterocycles. The molecule has 0 unspecified atom stereocenters. The van der Waals surface area contributed by atoms with Gasteiger partial charge in [-0.05, 0) is 50.2 Å². The van der Waals surface area contributed by atoms with Crippen molar-refractivity contribution in [3.05, 3.63) is 23.9 Å². The number of nitrogens with one attached hydrogen (secondary N) is 1. The number of nitrogens with zero attached hydrogens (tertiary/aromatic N) is 3. The van der Waals surface area contributed by atoms with Gasteiger partial charge >= 0.3 is 0 Å². The Hall–Kier alpha value is -1.58. The maximum atomic E-state index is 4.54. The second kappa shape index (κ2) is 4.51. The third-order valence-corrected chi connectivity index (χ3v) is 4.22. The summed E-state index contributed by atoms with van der Waals surface area (Å²) in [7, 11) is 0. The molecule has 4 nitrogen and oxygen atoms in total. The van der Waals surface area contributed by atoms with Crippen LogP contribution >= 0.6 is 0 Å². The molecule has 0 saturated heterocycles. The fourth-order valence-electron chi connectivity index (χ4n) is 2.82. The fourth-order valence-corrected chi connectivity index (χ4v) is 2.82. The first-order valence-electron chi connectivity index (χ1n) is 7.12. The predicted molar refractivity (Wildman–Crippen MR) is 77.4 cm³/mol. The van der Waals surface area contributed by atoms with Gasteiger partial charge in [0.15, 0.2) is 5.65 Å². The molecule has 2 aromatic rings. The molecule has 0 amide bonds. The van der Waals surface area contributed by atoms with E-state index in [1.807, 2.05) is 16.6 Å². The van der Waals surface area contributed by atoms with Gasteiger partial charge in [0.25, 0.3) is 0 Å². The number of hydrogen-bond acceptors (Lipinski definition) is 3. The molecule has 1 aliphatic rings. The van der Waals surface area contributed by atoms with Crippen LogP contribution in [0.3, 0.4) is 0 Å². The van der Waals surface area contributed by atoms with Crippen molar-refractivity contribution in [3.63, 3.8) is 0 Å². The van der Waals surface area contributed by atoms with Gasteiger partial charge in [0, 0.05) is 11.7 Å². The molecule has 102 valence electrons. The van der Waals surface area contributed by atoms with Crippen LogP contribution in [-0.2, 0) is 0 Å². The van der Waals surface area contributed by atoms with Gasteiger partial charge < -0.3 is 5.32 Å². The Bertz CT molecular complexity index is 575. The van der Waals surface area contributed by atoms with Crippen LogP contribution in [0.1, 0.15) is 45.2 Å². The van der Waals surface area contributed by atoms with Crippen molar-refractivity contribution in [2.45, 2.75) is 52.5 Å². The number of pyridine rings is 1. The lowest BCUT2D eigenvalue weighted by molar-refractivity contribution is 0.232. The normalized spacial score (nSPS) is 19.7. The average Bonchev–Trinajstić information content (AvgIpc) is 2.76. The molecule has 4 heteroatoms. The molecule has 1 N–H and O–H groups in total. The van der Waals surface area contributed by atoms with Crippen molar-refractivity contribution in [3.8, 4) is 0 Å². The predicted octanol–water partition coefficient (Wildman–Crippen LogP) is 3.42. The lowest BCUT2D eigenvalue weighted by Crippen LogP contribution is -2.30. The highest BCUT2D eigenvalue weighted by molar-refractivity contribution is 5.44. The summed E-state index contributed by atoms with van der Waals surface area (Å²) < 4.78 is 1.90. The van der Waals surface area contributed by atoms with Gasteiger partial charge in [-0.2, -0.15) is 4.98 Å². The smallest absolute Gasteiger partial charge is 0.243 e. The summed E-state index contributed by atoms with van der Waals surface area (Å²) in [5, 5.41) is 8.03. The van der Waals surface area contributed by atoms with Gasteiger partial charge in [0.05, 0.1) is 0 Å². The topological polar surface area (TPSA) is 42.2 Å². The van der Waals surface area contributed by atoms with E-state index in [4.69, 9.17) is 0 Å². The minimum atomic E-state index is 0.501. The Labute approximate surface area is 114 Å². The largest absolute Gasteiger partial charge is 0.350 e. The third kappa shape index (κ3) is 2.57. The molecular formula is C15H22N4. The summed E-state index contributed by atoms with van der Waals surface area (Å²) in [5.41, 5.74) is 2.53. The van der Waals surface area contributed by atoms with Crippen LogP contribution in [0, 0.1) is 12.3 Å². The van der Waals surface area contributed by atoms with E-state index in [2.05, 4.69) is 42.2 Å². The Kier molecular flexibility index (Phi) is 2.96. The van der Waals surface area contributed by atoms with Crippen LogP contribution in [0.4, 0.5) is 5.95 Å². The molecule has 0 aliphatic heterocycles. The second-order valence-corrected chi connectivity index (χ2v) is 6.46. The quantitative estimate of drug-likeness (QED) is 0.897. The van der Waals surface area contributed by atoms with Gasteiger partial charge in [0.2, 0.25) is 5.95 Å². The van der Waals surface area contributed by atoms with E-state index in [1.54, 1.807) is 0 Å². The van der Waals surface area contributed by atoms with Crippen LogP contribution in [-0.4, -0.2) is 20.6 Å². The first-order chi connectivity index (χ1) is 9.03. The van der Waals surface area contributed by atoms with Crippen LogP contribution in [0.2, 0.25) is 0 Å². The minimum absolute atomic E-state index is 0.501. The van der Waals surface area contributed by atoms with Gasteiger partial charge in [-0.15, -0.1) is 5.10 Å². The highest BCUT2D eigenvalue weighted by Crippen LogP contribution is 2.35. The zero-order chi connectivity index (χ0) is 13.5. The molecule has 1 aliphatic carbocycles. The summed E-state index contributed by atoms with van der Waals surface area (Å²) in [5.74, 6) is 0.763. The number of fused-ring (bicyclic) bond motifs is 1. The monoisotopic (exact) mass is 258 g/mol. The van der Waals surface area contributed by atoms with Crippen LogP contribution in [0.25, 0.3) is 5.65 Å². The first-order valence-corrected chi connectivity index (χ1v) is 7.12. The number of aromatic nitrogens is 3. The SMILES string of the molecule is Cc1cccc2nc(NC3CCC(C)(C)CC3)nn12. The lowest BCUT2D eigenvalue weighted by atomic mass is 9.76. The molecule has 1 saturated carbocycles. The molecule has 0 atom stereocenters. The van der Waals surface area contributed by atoms with E-state index < -0.39 is 0 Å². The Morgan fingerprint density at radius 2 is 2.00 bits per heavy atom. The average molecular weight is 258 g/mol. The van der Waals surface area contributed by atoms with Crippen molar-refractivity contribution >= 4 is 11.6 Å². The summed E-state index contributed by atoms with van der Waals surface area (Å²) in [4.78, 5) is 4.54. The number of aryl methyl sites for hydroxylation is 1. The van der Waals surface area contributed by atoms with Crippen molar-refractivity contribution in [1.82, 2.24) is 14.6 Å². The molecule has 1 fully saturated rings. The van der Waals surface area contributed by atoms with Crippen molar-refractivity contribution in [1.29, 1.82) is 0 Å². The molecule has 3 rings (SSSR count). The highest BCUT2D eigenvalue weighted by atomic mass is 15.4. The van der Waals surface area contributed by atoms with Crippen molar-refractivity contribution in [2.24, 2.45) is 5.41 Å². The Morgan fingerprint density at radius 1 is 1.26 bits per heavy atom. The van der Waals surface area contributed by atoms with E-state index in [0.29, 0.717) is 11.5 Å². The second-order valence-electron chi connectivity index (χ2n) is 6.46. The maximum Gasteiger partial charge on any atom is 0.243 e. The molecule has 19 heavy (non-hydrogen) atoms. The standard InChI is InChI=1S/C15H22N4/c1-11-5-4-6-13-17-14(18-19(11)13)16-12-7-9-15(2,3)10-8-12/h4-6,12H,7-10H2,1-3H3,(H,16,18). The molecule has 2 heterocycles. The lowest BCUT2D eigenvalue weighted by Gasteiger charge is -2.34. The molecule has 0 bridgehead atoms. The number of hydrogen-bond donors (Lipinski definition) is 1. The van der Waals surface area contributed by atoms with Crippen LogP contribution in [0.5, 0.6) is 0 Å². The zero-order valence-corrected chi connectivity index (χ0v) is 12.0. The van der Waals surface area contributed by atoms with Crippen molar-refractivity contribution < 1.29 is 0 Å². The molecule has 0 aromatic carbocycles. The zero-order valence-electron chi connectivity index (χ0n) is 12.0. The van der Waals surface area contributed by atoms with E-state index in [1.165, 1.54) is 25.7 Å². The fraction of sp³-hybridized carbons (Fsp3) is 0.600. The molecule has 0 spiro atoms.